The van der Waals surface area contributed by atoms with Gasteiger partial charge in [-0.1, -0.05) is 85.6 Å². The molecule has 2 aliphatic rings. The van der Waals surface area contributed by atoms with E-state index in [1.54, 1.807) is 14.2 Å². The maximum atomic E-state index is 5.45. The zero-order chi connectivity index (χ0) is 27.3. The van der Waals surface area contributed by atoms with E-state index in [0.29, 0.717) is 12.1 Å². The predicted molar refractivity (Wildman–Crippen MR) is 162 cm³/mol. The van der Waals surface area contributed by atoms with Crippen molar-refractivity contribution in [2.75, 3.05) is 14.2 Å². The van der Waals surface area contributed by atoms with Gasteiger partial charge >= 0.3 is 0 Å². The number of nitrogens with zero attached hydrogens (tertiary/aromatic N) is 2. The average molecular weight is 533 g/mol. The summed E-state index contributed by atoms with van der Waals surface area (Å²) in [7, 11) is 3.47. The summed E-state index contributed by atoms with van der Waals surface area (Å²) in [5, 5.41) is 0. The summed E-state index contributed by atoms with van der Waals surface area (Å²) in [6.07, 6.45) is 5.03. The lowest BCUT2D eigenvalue weighted by Crippen LogP contribution is -2.52. The number of benzene rings is 4. The minimum atomic E-state index is 0.479. The molecule has 6 rings (SSSR count). The zero-order valence-corrected chi connectivity index (χ0v) is 23.8. The van der Waals surface area contributed by atoms with Crippen LogP contribution in [0.1, 0.15) is 47.9 Å². The van der Waals surface area contributed by atoms with Crippen molar-refractivity contribution in [2.45, 2.75) is 63.9 Å². The molecule has 0 amide bonds. The van der Waals surface area contributed by atoms with Gasteiger partial charge in [-0.05, 0) is 70.5 Å². The van der Waals surface area contributed by atoms with Crippen LogP contribution in [-0.4, -0.2) is 36.1 Å². The second-order valence-corrected chi connectivity index (χ2v) is 11.2. The molecule has 1 fully saturated rings. The molecule has 0 bridgehead atoms. The number of fused-ring (bicyclic) bond motifs is 4. The van der Waals surface area contributed by atoms with Gasteiger partial charge in [0.25, 0.3) is 0 Å². The van der Waals surface area contributed by atoms with E-state index in [2.05, 4.69) is 107 Å². The Kier molecular flexibility index (Phi) is 8.17. The largest absolute Gasteiger partial charge is 0.497 e. The molecular weight excluding hydrogens is 492 g/mol. The first-order valence-electron chi connectivity index (χ1n) is 14.6. The summed E-state index contributed by atoms with van der Waals surface area (Å²) in [4.78, 5) is 5.53. The second kappa shape index (κ2) is 12.3. The van der Waals surface area contributed by atoms with E-state index in [0.717, 1.165) is 37.7 Å². The van der Waals surface area contributed by atoms with Crippen LogP contribution in [0.25, 0.3) is 11.1 Å². The molecule has 2 atom stereocenters. The van der Waals surface area contributed by atoms with Gasteiger partial charge in [0.05, 0.1) is 14.2 Å². The Morgan fingerprint density at radius 1 is 0.550 bits per heavy atom. The van der Waals surface area contributed by atoms with Gasteiger partial charge < -0.3 is 9.47 Å². The standard InChI is InChI=1S/C36H40N2O2/c1-39-31-19-15-27(16-20-31)23-37-25-29-9-3-5-11-33(29)34-12-6-4-10-30(34)26-38(36-14-8-7-13-35(36)37)24-28-17-21-32(40-2)22-18-28/h3-6,9-12,15-22,35-36H,7-8,13-14,23-26H2,1-2H3/t35-,36-/m1/s1. The first kappa shape index (κ1) is 26.6. The SMILES string of the molecule is COc1ccc(CN2Cc3ccccc3-c3ccccc3CN(Cc3ccc(OC)cc3)[C@@H]3CCCC[C@H]32)cc1. The van der Waals surface area contributed by atoms with Crippen LogP contribution < -0.4 is 9.47 Å². The normalized spacial score (nSPS) is 19.6. The predicted octanol–water partition coefficient (Wildman–Crippen LogP) is 7.70. The number of ether oxygens (including phenoxy) is 2. The third-order valence-corrected chi connectivity index (χ3v) is 8.79. The smallest absolute Gasteiger partial charge is 0.118 e. The Labute approximate surface area is 239 Å². The van der Waals surface area contributed by atoms with Gasteiger partial charge in [0.1, 0.15) is 11.5 Å². The molecule has 4 aromatic carbocycles. The van der Waals surface area contributed by atoms with Gasteiger partial charge in [0, 0.05) is 38.3 Å². The molecule has 206 valence electrons. The maximum Gasteiger partial charge on any atom is 0.118 e. The minimum Gasteiger partial charge on any atom is -0.497 e. The molecule has 1 heterocycles. The monoisotopic (exact) mass is 532 g/mol. The lowest BCUT2D eigenvalue weighted by molar-refractivity contribution is 0.0293. The molecule has 0 radical (unpaired) electrons. The summed E-state index contributed by atoms with van der Waals surface area (Å²) >= 11 is 0. The van der Waals surface area contributed by atoms with Gasteiger partial charge in [-0.2, -0.15) is 0 Å². The highest BCUT2D eigenvalue weighted by Crippen LogP contribution is 2.37. The fourth-order valence-corrected chi connectivity index (χ4v) is 6.73. The molecule has 1 aliphatic carbocycles. The van der Waals surface area contributed by atoms with Crippen molar-refractivity contribution in [3.63, 3.8) is 0 Å². The molecular formula is C36H40N2O2. The highest BCUT2D eigenvalue weighted by Gasteiger charge is 2.35. The van der Waals surface area contributed by atoms with Crippen molar-refractivity contribution < 1.29 is 9.47 Å². The molecule has 0 saturated heterocycles. The van der Waals surface area contributed by atoms with Crippen LogP contribution in [0.2, 0.25) is 0 Å². The van der Waals surface area contributed by atoms with E-state index in [1.165, 1.54) is 59.1 Å². The van der Waals surface area contributed by atoms with Crippen LogP contribution in [0.4, 0.5) is 0 Å². The number of hydrogen-bond donors (Lipinski definition) is 0. The second-order valence-electron chi connectivity index (χ2n) is 11.2. The lowest BCUT2D eigenvalue weighted by Gasteiger charge is -2.46. The van der Waals surface area contributed by atoms with Gasteiger partial charge in [0.15, 0.2) is 0 Å². The summed E-state index contributed by atoms with van der Waals surface area (Å²) in [5.74, 6) is 1.82. The maximum absolute atomic E-state index is 5.45. The van der Waals surface area contributed by atoms with Gasteiger partial charge in [-0.25, -0.2) is 0 Å². The Hall–Kier alpha value is -3.60. The molecule has 0 N–H and O–H groups in total. The lowest BCUT2D eigenvalue weighted by atomic mass is 9.85. The molecule has 0 aromatic heterocycles. The minimum absolute atomic E-state index is 0.479. The van der Waals surface area contributed by atoms with E-state index in [4.69, 9.17) is 9.47 Å². The Morgan fingerprint density at radius 2 is 0.950 bits per heavy atom. The van der Waals surface area contributed by atoms with Crippen molar-refractivity contribution in [1.29, 1.82) is 0 Å². The van der Waals surface area contributed by atoms with Gasteiger partial charge in [-0.15, -0.1) is 0 Å². The number of rotatable bonds is 6. The fourth-order valence-electron chi connectivity index (χ4n) is 6.73. The van der Waals surface area contributed by atoms with E-state index in [-0.39, 0.29) is 0 Å². The molecule has 4 aromatic rings. The fraction of sp³-hybridized carbons (Fsp3) is 0.333. The van der Waals surface area contributed by atoms with Crippen molar-refractivity contribution in [1.82, 2.24) is 9.80 Å². The topological polar surface area (TPSA) is 24.9 Å². The van der Waals surface area contributed by atoms with Crippen LogP contribution in [-0.2, 0) is 26.2 Å². The molecule has 40 heavy (non-hydrogen) atoms. The average Bonchev–Trinajstić information content (AvgIpc) is 3.01. The van der Waals surface area contributed by atoms with Crippen LogP contribution in [0.3, 0.4) is 0 Å². The van der Waals surface area contributed by atoms with Crippen molar-refractivity contribution in [3.05, 3.63) is 119 Å². The van der Waals surface area contributed by atoms with Crippen LogP contribution in [0.15, 0.2) is 97.1 Å². The van der Waals surface area contributed by atoms with Crippen LogP contribution >= 0.6 is 0 Å². The Balaban J connectivity index is 1.43. The van der Waals surface area contributed by atoms with Crippen molar-refractivity contribution in [2.24, 2.45) is 0 Å². The summed E-state index contributed by atoms with van der Waals surface area (Å²) in [5.41, 5.74) is 8.21. The first-order valence-corrected chi connectivity index (χ1v) is 14.6. The molecule has 0 spiro atoms. The van der Waals surface area contributed by atoms with Crippen molar-refractivity contribution in [3.8, 4) is 22.6 Å². The third-order valence-electron chi connectivity index (χ3n) is 8.79. The van der Waals surface area contributed by atoms with Crippen molar-refractivity contribution >= 4 is 0 Å². The highest BCUT2D eigenvalue weighted by molar-refractivity contribution is 5.70. The summed E-state index contributed by atoms with van der Waals surface area (Å²) in [6, 6.07) is 36.3. The van der Waals surface area contributed by atoms with Crippen LogP contribution in [0.5, 0.6) is 11.5 Å². The quantitative estimate of drug-likeness (QED) is 0.254. The van der Waals surface area contributed by atoms with Gasteiger partial charge in [0.2, 0.25) is 0 Å². The number of methoxy groups -OCH3 is 2. The van der Waals surface area contributed by atoms with E-state index >= 15 is 0 Å². The number of hydrogen-bond acceptors (Lipinski definition) is 4. The molecule has 4 heteroatoms. The highest BCUT2D eigenvalue weighted by atomic mass is 16.5. The Morgan fingerprint density at radius 3 is 1.35 bits per heavy atom. The van der Waals surface area contributed by atoms with E-state index in [1.807, 2.05) is 0 Å². The molecule has 1 saturated carbocycles. The summed E-state index contributed by atoms with van der Waals surface area (Å²) < 4.78 is 10.9. The van der Waals surface area contributed by atoms with Gasteiger partial charge in [-0.3, -0.25) is 9.80 Å². The van der Waals surface area contributed by atoms with Crippen LogP contribution in [0, 0.1) is 0 Å². The molecule has 4 nitrogen and oxygen atoms in total. The van der Waals surface area contributed by atoms with E-state index in [9.17, 15) is 0 Å². The molecule has 0 unspecified atom stereocenters. The summed E-state index contributed by atoms with van der Waals surface area (Å²) in [6.45, 7) is 3.73. The Bertz CT molecular complexity index is 1290. The molecule has 1 aliphatic heterocycles. The first-order chi connectivity index (χ1) is 19.7. The third kappa shape index (κ3) is 5.79. The van der Waals surface area contributed by atoms with E-state index < -0.39 is 0 Å². The zero-order valence-electron chi connectivity index (χ0n) is 23.8.